The second-order valence-corrected chi connectivity index (χ2v) is 10.5. The monoisotopic (exact) mass is 597 g/mol. The molecule has 0 aromatic heterocycles. The molecule has 0 bridgehead atoms. The van der Waals surface area contributed by atoms with Crippen molar-refractivity contribution in [2.75, 3.05) is 7.11 Å². The van der Waals surface area contributed by atoms with Crippen LogP contribution in [-0.4, -0.2) is 24.1 Å². The highest BCUT2D eigenvalue weighted by Gasteiger charge is 2.44. The highest BCUT2D eigenvalue weighted by molar-refractivity contribution is 5.71. The molecule has 4 rings (SSSR count). The fraction of sp³-hybridized carbons (Fsp3) is 0.536. The van der Waals surface area contributed by atoms with E-state index in [4.69, 9.17) is 9.47 Å². The highest BCUT2D eigenvalue weighted by Crippen LogP contribution is 2.43. The summed E-state index contributed by atoms with van der Waals surface area (Å²) in [5.74, 6) is 0.0193. The lowest BCUT2D eigenvalue weighted by molar-refractivity contribution is -0.143. The molecular weight excluding hydrogens is 569 g/mol. The first-order valence-electron chi connectivity index (χ1n) is 13.0. The van der Waals surface area contributed by atoms with Gasteiger partial charge in [0.1, 0.15) is 6.10 Å². The summed E-state index contributed by atoms with van der Waals surface area (Å²) >= 11 is 0. The van der Waals surface area contributed by atoms with Crippen molar-refractivity contribution in [1.29, 1.82) is 0 Å². The maximum Gasteiger partial charge on any atom is 0.416 e. The van der Waals surface area contributed by atoms with E-state index in [1.807, 2.05) is 0 Å². The number of hydrogen-bond acceptors (Lipinski definition) is 3. The molecule has 41 heavy (non-hydrogen) atoms. The Balaban J connectivity index is 1.71. The van der Waals surface area contributed by atoms with E-state index in [-0.39, 0.29) is 17.5 Å². The van der Waals surface area contributed by atoms with E-state index in [0.29, 0.717) is 17.7 Å². The number of hydrogen-bond donors (Lipinski definition) is 0. The summed E-state index contributed by atoms with van der Waals surface area (Å²) in [5.41, 5.74) is -4.12. The standard InChI is InChI=1S/C28H28F9NO3/c1-15-23(17-10-20(27(32,33)34)13-21(11-17)28(35,36)37)41-25(39)38(15)14-18-12-19(26(29,30)31)8-9-22(18)24(40-2)16-6-4-3-5-7-16/h8-13,15-16,23-24H,3-7,14H2,1-2H3/t15-,23-,24+/m0/s1. The summed E-state index contributed by atoms with van der Waals surface area (Å²) in [4.78, 5) is 13.9. The van der Waals surface area contributed by atoms with Gasteiger partial charge in [-0.3, -0.25) is 4.90 Å². The van der Waals surface area contributed by atoms with Crippen LogP contribution in [0, 0.1) is 5.92 Å². The Morgan fingerprint density at radius 3 is 1.93 bits per heavy atom. The van der Waals surface area contributed by atoms with Crippen LogP contribution < -0.4 is 0 Å². The van der Waals surface area contributed by atoms with Gasteiger partial charge in [0.15, 0.2) is 0 Å². The Kier molecular flexibility index (Phi) is 8.60. The number of amides is 1. The fourth-order valence-electron chi connectivity index (χ4n) is 5.69. The van der Waals surface area contributed by atoms with Crippen LogP contribution in [0.2, 0.25) is 0 Å². The third-order valence-electron chi connectivity index (χ3n) is 7.78. The summed E-state index contributed by atoms with van der Waals surface area (Å²) in [5, 5.41) is 0. The Hall–Kier alpha value is -2.96. The second-order valence-electron chi connectivity index (χ2n) is 10.5. The molecule has 0 radical (unpaired) electrons. The van der Waals surface area contributed by atoms with E-state index in [1.54, 1.807) is 0 Å². The summed E-state index contributed by atoms with van der Waals surface area (Å²) in [6.45, 7) is 0.929. The van der Waals surface area contributed by atoms with Crippen LogP contribution in [0.25, 0.3) is 0 Å². The van der Waals surface area contributed by atoms with Crippen molar-refractivity contribution >= 4 is 6.09 Å². The zero-order valence-corrected chi connectivity index (χ0v) is 22.1. The van der Waals surface area contributed by atoms with E-state index in [0.717, 1.165) is 49.1 Å². The Morgan fingerprint density at radius 1 is 0.854 bits per heavy atom. The first-order valence-corrected chi connectivity index (χ1v) is 13.0. The van der Waals surface area contributed by atoms with Gasteiger partial charge in [0.25, 0.3) is 0 Å². The zero-order valence-electron chi connectivity index (χ0n) is 22.1. The molecule has 2 fully saturated rings. The molecule has 1 amide bonds. The molecule has 13 heteroatoms. The van der Waals surface area contributed by atoms with E-state index in [2.05, 4.69) is 0 Å². The lowest BCUT2D eigenvalue weighted by Gasteiger charge is -2.32. The van der Waals surface area contributed by atoms with Gasteiger partial charge in [0.05, 0.1) is 28.8 Å². The van der Waals surface area contributed by atoms with Crippen LogP contribution in [0.15, 0.2) is 36.4 Å². The molecule has 4 nitrogen and oxygen atoms in total. The SMILES string of the molecule is CO[C@@H](c1ccc(C(F)(F)F)cc1CN1C(=O)O[C@H](c2cc(C(F)(F)F)cc(C(F)(F)F)c2)[C@@H]1C)C1CCCCC1. The van der Waals surface area contributed by atoms with Crippen LogP contribution in [0.3, 0.4) is 0 Å². The van der Waals surface area contributed by atoms with E-state index in [1.165, 1.54) is 20.1 Å². The molecule has 1 saturated carbocycles. The molecule has 2 aromatic rings. The van der Waals surface area contributed by atoms with Crippen LogP contribution in [0.4, 0.5) is 44.3 Å². The number of carbonyl (C=O) groups is 1. The lowest BCUT2D eigenvalue weighted by Crippen LogP contribution is -2.32. The van der Waals surface area contributed by atoms with Gasteiger partial charge in [-0.1, -0.05) is 25.3 Å². The number of benzene rings is 2. The van der Waals surface area contributed by atoms with Gasteiger partial charge in [0.2, 0.25) is 0 Å². The third kappa shape index (κ3) is 6.76. The molecule has 0 unspecified atom stereocenters. The molecular formula is C28H28F9NO3. The Bertz CT molecular complexity index is 1220. The number of nitrogens with zero attached hydrogens (tertiary/aromatic N) is 1. The molecule has 0 N–H and O–H groups in total. The zero-order chi connectivity index (χ0) is 30.3. The molecule has 1 saturated heterocycles. The van der Waals surface area contributed by atoms with Gasteiger partial charge >= 0.3 is 24.6 Å². The van der Waals surface area contributed by atoms with Crippen molar-refractivity contribution < 1.29 is 53.8 Å². The number of methoxy groups -OCH3 is 1. The summed E-state index contributed by atoms with van der Waals surface area (Å²) in [6, 6.07) is 2.93. The summed E-state index contributed by atoms with van der Waals surface area (Å²) < 4.78 is 132. The minimum absolute atomic E-state index is 0.0193. The molecule has 0 spiro atoms. The summed E-state index contributed by atoms with van der Waals surface area (Å²) in [6.07, 6.45) is -13.6. The maximum absolute atomic E-state index is 13.6. The van der Waals surface area contributed by atoms with Crippen molar-refractivity contribution in [1.82, 2.24) is 4.90 Å². The van der Waals surface area contributed by atoms with Crippen molar-refractivity contribution in [3.05, 3.63) is 69.8 Å². The number of halogens is 9. The van der Waals surface area contributed by atoms with Gasteiger partial charge in [0, 0.05) is 13.7 Å². The minimum atomic E-state index is -5.11. The minimum Gasteiger partial charge on any atom is -0.439 e. The summed E-state index contributed by atoms with van der Waals surface area (Å²) in [7, 11) is 1.44. The van der Waals surface area contributed by atoms with Crippen molar-refractivity contribution in [2.45, 2.75) is 82.4 Å². The van der Waals surface area contributed by atoms with Crippen molar-refractivity contribution in [3.8, 4) is 0 Å². The quantitative estimate of drug-likeness (QED) is 0.312. The van der Waals surface area contributed by atoms with Gasteiger partial charge in [-0.05, 0) is 72.7 Å². The number of carbonyl (C=O) groups excluding carboxylic acids is 1. The smallest absolute Gasteiger partial charge is 0.416 e. The Morgan fingerprint density at radius 2 is 1.41 bits per heavy atom. The first kappa shape index (κ1) is 31.0. The molecule has 2 aromatic carbocycles. The van der Waals surface area contributed by atoms with Crippen LogP contribution in [0.1, 0.15) is 84.6 Å². The molecule has 2 aliphatic rings. The van der Waals surface area contributed by atoms with E-state index >= 15 is 0 Å². The number of rotatable bonds is 6. The highest BCUT2D eigenvalue weighted by atomic mass is 19.4. The van der Waals surface area contributed by atoms with Crippen LogP contribution >= 0.6 is 0 Å². The molecule has 1 aliphatic heterocycles. The van der Waals surface area contributed by atoms with Gasteiger partial charge in [-0.2, -0.15) is 39.5 Å². The van der Waals surface area contributed by atoms with E-state index < -0.39 is 71.7 Å². The fourth-order valence-corrected chi connectivity index (χ4v) is 5.69. The molecule has 3 atom stereocenters. The van der Waals surface area contributed by atoms with Crippen LogP contribution in [0.5, 0.6) is 0 Å². The van der Waals surface area contributed by atoms with Crippen molar-refractivity contribution in [3.63, 3.8) is 0 Å². The number of cyclic esters (lactones) is 1. The predicted molar refractivity (Wildman–Crippen MR) is 128 cm³/mol. The van der Waals surface area contributed by atoms with E-state index in [9.17, 15) is 44.3 Å². The van der Waals surface area contributed by atoms with Gasteiger partial charge in [-0.15, -0.1) is 0 Å². The third-order valence-corrected chi connectivity index (χ3v) is 7.78. The van der Waals surface area contributed by atoms with Crippen LogP contribution in [-0.2, 0) is 34.5 Å². The molecule has 226 valence electrons. The van der Waals surface area contributed by atoms with Gasteiger partial charge in [-0.25, -0.2) is 4.79 Å². The average Bonchev–Trinajstić information content (AvgIpc) is 3.17. The Labute approximate surface area is 230 Å². The lowest BCUT2D eigenvalue weighted by atomic mass is 9.81. The average molecular weight is 598 g/mol. The topological polar surface area (TPSA) is 38.8 Å². The number of alkyl halides is 9. The van der Waals surface area contributed by atoms with Gasteiger partial charge < -0.3 is 9.47 Å². The normalized spacial score (nSPS) is 21.7. The second kappa shape index (κ2) is 11.4. The van der Waals surface area contributed by atoms with Crippen molar-refractivity contribution in [2.24, 2.45) is 5.92 Å². The molecule has 1 heterocycles. The number of ether oxygens (including phenoxy) is 2. The first-order chi connectivity index (χ1) is 19.0. The predicted octanol–water partition coefficient (Wildman–Crippen LogP) is 9.09. The maximum atomic E-state index is 13.6. The largest absolute Gasteiger partial charge is 0.439 e. The molecule has 1 aliphatic carbocycles.